The molecule has 0 aromatic carbocycles. The Morgan fingerprint density at radius 2 is 2.19 bits per heavy atom. The topological polar surface area (TPSA) is 99.1 Å². The maximum atomic E-state index is 12.5. The number of nitro groups is 1. The van der Waals surface area contributed by atoms with Crippen LogP contribution in [0.5, 0.6) is 0 Å². The molecule has 0 atom stereocenters. The molecule has 1 amide bonds. The highest BCUT2D eigenvalue weighted by molar-refractivity contribution is 14.1. The highest BCUT2D eigenvalue weighted by Gasteiger charge is 2.29. The summed E-state index contributed by atoms with van der Waals surface area (Å²) in [5, 5.41) is 10.5. The monoisotopic (exact) mass is 343 g/mol. The maximum Gasteiger partial charge on any atom is 0.377 e. The van der Waals surface area contributed by atoms with E-state index in [9.17, 15) is 23.7 Å². The van der Waals surface area contributed by atoms with Crippen LogP contribution >= 0.6 is 22.6 Å². The van der Waals surface area contributed by atoms with Crippen molar-refractivity contribution in [2.24, 2.45) is 5.73 Å². The summed E-state index contributed by atoms with van der Waals surface area (Å²) in [5.74, 6) is -2.25. The number of rotatable bonds is 3. The minimum absolute atomic E-state index is 0.00963. The summed E-state index contributed by atoms with van der Waals surface area (Å²) < 4.78 is 25.1. The SMILES string of the molecule is NC(=O)c1c(C(F)F)cc(I)nc1[N+](=O)[O-]. The summed E-state index contributed by atoms with van der Waals surface area (Å²) in [4.78, 5) is 23.8. The van der Waals surface area contributed by atoms with Crippen LogP contribution < -0.4 is 5.73 Å². The molecule has 0 bridgehead atoms. The minimum Gasteiger partial charge on any atom is -0.365 e. The highest BCUT2D eigenvalue weighted by Crippen LogP contribution is 2.29. The van der Waals surface area contributed by atoms with Crippen LogP contribution in [0, 0.1) is 13.8 Å². The van der Waals surface area contributed by atoms with Gasteiger partial charge in [-0.05, 0) is 9.91 Å². The Bertz CT molecular complexity index is 466. The second-order valence-corrected chi connectivity index (χ2v) is 3.76. The van der Waals surface area contributed by atoms with Crippen LogP contribution in [-0.4, -0.2) is 15.8 Å². The van der Waals surface area contributed by atoms with E-state index in [1.165, 1.54) is 22.6 Å². The van der Waals surface area contributed by atoms with Gasteiger partial charge in [-0.15, -0.1) is 0 Å². The van der Waals surface area contributed by atoms with E-state index < -0.39 is 34.2 Å². The lowest BCUT2D eigenvalue weighted by Crippen LogP contribution is -2.18. The number of nitrogens with zero attached hydrogens (tertiary/aromatic N) is 2. The summed E-state index contributed by atoms with van der Waals surface area (Å²) in [6.45, 7) is 0. The Labute approximate surface area is 101 Å². The van der Waals surface area contributed by atoms with Gasteiger partial charge < -0.3 is 15.8 Å². The van der Waals surface area contributed by atoms with Crippen molar-refractivity contribution in [3.63, 3.8) is 0 Å². The molecule has 9 heteroatoms. The van der Waals surface area contributed by atoms with Gasteiger partial charge in [-0.2, -0.15) is 0 Å². The summed E-state index contributed by atoms with van der Waals surface area (Å²) in [7, 11) is 0. The number of nitrogens with two attached hydrogens (primary N) is 1. The van der Waals surface area contributed by atoms with Gasteiger partial charge in [0.1, 0.15) is 5.56 Å². The zero-order valence-electron chi connectivity index (χ0n) is 7.49. The molecule has 0 saturated heterocycles. The second kappa shape index (κ2) is 4.63. The molecule has 0 aliphatic carbocycles. The predicted molar refractivity (Wildman–Crippen MR) is 57.1 cm³/mol. The van der Waals surface area contributed by atoms with Gasteiger partial charge in [-0.25, -0.2) is 8.78 Å². The van der Waals surface area contributed by atoms with Gasteiger partial charge in [-0.1, -0.05) is 0 Å². The molecule has 1 heterocycles. The standard InChI is InChI=1S/C7H4F2IN3O3/c8-5(9)2-1-3(10)12-7(13(15)16)4(2)6(11)14/h1,5H,(H2,11,14). The van der Waals surface area contributed by atoms with Crippen molar-refractivity contribution in [2.45, 2.75) is 6.43 Å². The van der Waals surface area contributed by atoms with E-state index in [-0.39, 0.29) is 3.70 Å². The number of pyridine rings is 1. The van der Waals surface area contributed by atoms with Gasteiger partial charge >= 0.3 is 5.82 Å². The Morgan fingerprint density at radius 3 is 2.56 bits per heavy atom. The van der Waals surface area contributed by atoms with E-state index in [4.69, 9.17) is 5.73 Å². The van der Waals surface area contributed by atoms with Crippen molar-refractivity contribution < 1.29 is 18.5 Å². The van der Waals surface area contributed by atoms with Crippen LogP contribution in [0.2, 0.25) is 0 Å². The fourth-order valence-electron chi connectivity index (χ4n) is 1.08. The minimum atomic E-state index is -3.03. The first-order valence-electron chi connectivity index (χ1n) is 3.77. The Morgan fingerprint density at radius 1 is 1.62 bits per heavy atom. The molecule has 0 aliphatic heterocycles. The van der Waals surface area contributed by atoms with Crippen molar-refractivity contribution in [1.29, 1.82) is 0 Å². The van der Waals surface area contributed by atoms with Gasteiger partial charge in [0.05, 0.1) is 0 Å². The van der Waals surface area contributed by atoms with Gasteiger partial charge in [0, 0.05) is 34.2 Å². The highest BCUT2D eigenvalue weighted by atomic mass is 127. The van der Waals surface area contributed by atoms with E-state index in [0.717, 1.165) is 6.07 Å². The van der Waals surface area contributed by atoms with Crippen molar-refractivity contribution in [3.8, 4) is 0 Å². The van der Waals surface area contributed by atoms with E-state index in [1.807, 2.05) is 0 Å². The number of hydrogen-bond acceptors (Lipinski definition) is 4. The van der Waals surface area contributed by atoms with Crippen molar-refractivity contribution in [1.82, 2.24) is 4.98 Å². The molecule has 0 spiro atoms. The van der Waals surface area contributed by atoms with Crippen LogP contribution in [-0.2, 0) is 0 Å². The summed E-state index contributed by atoms with van der Waals surface area (Å²) in [6.07, 6.45) is -3.03. The third kappa shape index (κ3) is 2.40. The number of hydrogen-bond donors (Lipinski definition) is 1. The van der Waals surface area contributed by atoms with Crippen LogP contribution in [0.3, 0.4) is 0 Å². The number of aromatic nitrogens is 1. The second-order valence-electron chi connectivity index (χ2n) is 2.65. The van der Waals surface area contributed by atoms with Crippen molar-refractivity contribution >= 4 is 34.3 Å². The maximum absolute atomic E-state index is 12.5. The van der Waals surface area contributed by atoms with Gasteiger partial charge in [0.15, 0.2) is 0 Å². The zero-order valence-corrected chi connectivity index (χ0v) is 9.64. The summed E-state index contributed by atoms with van der Waals surface area (Å²) >= 11 is 1.54. The van der Waals surface area contributed by atoms with Gasteiger partial charge in [0.25, 0.3) is 12.3 Å². The lowest BCUT2D eigenvalue weighted by molar-refractivity contribution is -0.390. The molecule has 1 aromatic heterocycles. The molecule has 0 fully saturated rings. The third-order valence-corrected chi connectivity index (χ3v) is 2.21. The molecule has 16 heavy (non-hydrogen) atoms. The first-order chi connectivity index (χ1) is 7.34. The fraction of sp³-hybridized carbons (Fsp3) is 0.143. The number of carbonyl (C=O) groups is 1. The lowest BCUT2D eigenvalue weighted by Gasteiger charge is -2.05. The average Bonchev–Trinajstić information content (AvgIpc) is 2.15. The lowest BCUT2D eigenvalue weighted by atomic mass is 10.1. The van der Waals surface area contributed by atoms with E-state index >= 15 is 0 Å². The van der Waals surface area contributed by atoms with Crippen LogP contribution in [0.15, 0.2) is 6.07 Å². The normalized spacial score (nSPS) is 10.5. The molecule has 1 aromatic rings. The molecule has 86 valence electrons. The van der Waals surface area contributed by atoms with E-state index in [0.29, 0.717) is 0 Å². The fourth-order valence-corrected chi connectivity index (χ4v) is 1.64. The third-order valence-electron chi connectivity index (χ3n) is 1.65. The van der Waals surface area contributed by atoms with Gasteiger partial charge in [0.2, 0.25) is 3.70 Å². The number of halogens is 3. The first kappa shape index (κ1) is 12.7. The summed E-state index contributed by atoms with van der Waals surface area (Å²) in [6, 6.07) is 0.887. The molecule has 6 nitrogen and oxygen atoms in total. The van der Waals surface area contributed by atoms with Gasteiger partial charge in [-0.3, -0.25) is 4.79 Å². The molecular weight excluding hydrogens is 339 g/mol. The van der Waals surface area contributed by atoms with E-state index in [2.05, 4.69) is 4.98 Å². The van der Waals surface area contributed by atoms with Crippen LogP contribution in [0.1, 0.15) is 22.3 Å². The first-order valence-corrected chi connectivity index (χ1v) is 4.85. The molecule has 0 unspecified atom stereocenters. The number of alkyl halides is 2. The number of carbonyl (C=O) groups excluding carboxylic acids is 1. The molecular formula is C7H4F2IN3O3. The smallest absolute Gasteiger partial charge is 0.365 e. The molecule has 0 saturated carbocycles. The molecule has 2 N–H and O–H groups in total. The van der Waals surface area contributed by atoms with Crippen LogP contribution in [0.4, 0.5) is 14.6 Å². The molecule has 1 rings (SSSR count). The molecule has 0 aliphatic rings. The van der Waals surface area contributed by atoms with Crippen molar-refractivity contribution in [2.75, 3.05) is 0 Å². The van der Waals surface area contributed by atoms with E-state index in [1.54, 1.807) is 0 Å². The largest absolute Gasteiger partial charge is 0.377 e. The molecule has 0 radical (unpaired) electrons. The Hall–Kier alpha value is -1.39. The quantitative estimate of drug-likeness (QED) is 0.390. The Kier molecular flexibility index (Phi) is 3.67. The predicted octanol–water partition coefficient (Wildman–Crippen LogP) is 1.63. The average molecular weight is 343 g/mol. The zero-order chi connectivity index (χ0) is 12.5. The van der Waals surface area contributed by atoms with Crippen LogP contribution in [0.25, 0.3) is 0 Å². The summed E-state index contributed by atoms with van der Waals surface area (Å²) in [5.41, 5.74) is 3.20. The number of primary amides is 1. The van der Waals surface area contributed by atoms with Crippen molar-refractivity contribution in [3.05, 3.63) is 31.0 Å². The number of amides is 1. The Balaban J connectivity index is 3.60.